The van der Waals surface area contributed by atoms with Crippen molar-refractivity contribution in [2.24, 2.45) is 5.41 Å². The predicted molar refractivity (Wildman–Crippen MR) is 112 cm³/mol. The summed E-state index contributed by atoms with van der Waals surface area (Å²) in [6, 6.07) is 4.61. The van der Waals surface area contributed by atoms with Crippen molar-refractivity contribution in [3.8, 4) is 5.75 Å². The van der Waals surface area contributed by atoms with Gasteiger partial charge in [0.25, 0.3) is 0 Å². The van der Waals surface area contributed by atoms with Crippen molar-refractivity contribution in [1.82, 2.24) is 4.90 Å². The summed E-state index contributed by atoms with van der Waals surface area (Å²) < 4.78 is 26.1. The largest absolute Gasteiger partial charge is 0.497 e. The molecule has 1 saturated carbocycles. The smallest absolute Gasteiger partial charge is 0.342 e. The Kier molecular flexibility index (Phi) is 4.44. The molecule has 3 aliphatic heterocycles. The molecule has 1 aliphatic carbocycles. The maximum absolute atomic E-state index is 15.6. The van der Waals surface area contributed by atoms with Gasteiger partial charge in [-0.1, -0.05) is 6.07 Å². The number of aliphatic hydroxyl groups is 2. The second-order valence-electron chi connectivity index (χ2n) is 9.68. The molecular weight excluding hydrogens is 403 g/mol. The van der Waals surface area contributed by atoms with Gasteiger partial charge in [-0.25, -0.2) is 9.18 Å². The number of ether oxygens (including phenoxy) is 2. The van der Waals surface area contributed by atoms with Crippen LogP contribution in [0.25, 0.3) is 0 Å². The van der Waals surface area contributed by atoms with E-state index in [0.717, 1.165) is 24.3 Å². The van der Waals surface area contributed by atoms with Gasteiger partial charge in [0.1, 0.15) is 18.0 Å². The first-order chi connectivity index (χ1) is 14.7. The summed E-state index contributed by atoms with van der Waals surface area (Å²) in [6.07, 6.45) is -1.27. The average molecular weight is 435 g/mol. The Morgan fingerprint density at radius 3 is 2.65 bits per heavy atom. The third-order valence-electron chi connectivity index (χ3n) is 8.79. The highest BCUT2D eigenvalue weighted by molar-refractivity contribution is 5.86. The van der Waals surface area contributed by atoms with Crippen LogP contribution in [0.1, 0.15) is 31.7 Å². The van der Waals surface area contributed by atoms with Crippen molar-refractivity contribution < 1.29 is 28.9 Å². The average Bonchev–Trinajstić information content (AvgIpc) is 3.28. The molecule has 0 unspecified atom stereocenters. The lowest BCUT2D eigenvalue weighted by Gasteiger charge is -2.64. The fourth-order valence-corrected chi connectivity index (χ4v) is 7.78. The van der Waals surface area contributed by atoms with E-state index in [2.05, 4.69) is 4.90 Å². The fourth-order valence-electron chi connectivity index (χ4n) is 7.78. The van der Waals surface area contributed by atoms with E-state index in [1.54, 1.807) is 7.11 Å². The molecule has 4 aliphatic rings. The molecule has 2 saturated heterocycles. The van der Waals surface area contributed by atoms with E-state index < -0.39 is 40.7 Å². The maximum atomic E-state index is 15.6. The third-order valence-corrected chi connectivity index (χ3v) is 8.79. The number of nitrogens with zero attached hydrogens (tertiary/aromatic N) is 2. The van der Waals surface area contributed by atoms with E-state index in [1.807, 2.05) is 30.1 Å². The van der Waals surface area contributed by atoms with Crippen molar-refractivity contribution in [2.45, 2.75) is 61.6 Å². The number of anilines is 1. The summed E-state index contributed by atoms with van der Waals surface area (Å²) in [7, 11) is 4.60. The van der Waals surface area contributed by atoms with Crippen molar-refractivity contribution in [3.05, 3.63) is 23.8 Å². The van der Waals surface area contributed by atoms with Gasteiger partial charge >= 0.3 is 5.97 Å². The molecule has 2 N–H and O–H groups in total. The fraction of sp³-hybridized carbons (Fsp3) is 0.696. The third kappa shape index (κ3) is 2.16. The number of methoxy groups -OCH3 is 2. The maximum Gasteiger partial charge on any atom is 0.342 e. The van der Waals surface area contributed by atoms with Crippen LogP contribution in [-0.4, -0.2) is 85.4 Å². The molecule has 0 aromatic heterocycles. The first-order valence-electron chi connectivity index (χ1n) is 11.0. The summed E-state index contributed by atoms with van der Waals surface area (Å²) in [4.78, 5) is 17.3. The molecule has 31 heavy (non-hydrogen) atoms. The molecule has 8 heteroatoms. The standard InChI is InChI=1S/C23H31FN2O5/c1-13(24)21-8-5-10-26-11-9-22(17(21)26)15-7-6-14(30-3)12-16(15)25(2)18(22)23(29,19(21)27)20(28)31-4/h6-7,12-13,17-19,27,29H,5,8-11H2,1-4H3/t13-,17+,18-,19-,21+,22-,23+/m1/s1. The number of rotatable bonds is 3. The second kappa shape index (κ2) is 6.56. The van der Waals surface area contributed by atoms with Gasteiger partial charge in [0, 0.05) is 35.7 Å². The molecule has 1 aromatic rings. The number of hydrogen-bond donors (Lipinski definition) is 2. The van der Waals surface area contributed by atoms with Crippen LogP contribution in [-0.2, 0) is 14.9 Å². The number of halogens is 1. The molecule has 0 radical (unpaired) electrons. The summed E-state index contributed by atoms with van der Waals surface area (Å²) in [5.74, 6) is -0.259. The quantitative estimate of drug-likeness (QED) is 0.693. The number of likely N-dealkylation sites (N-methyl/N-ethyl adjacent to an activating group) is 1. The zero-order valence-corrected chi connectivity index (χ0v) is 18.5. The van der Waals surface area contributed by atoms with Crippen LogP contribution in [0.5, 0.6) is 5.75 Å². The van der Waals surface area contributed by atoms with Gasteiger partial charge in [0.2, 0.25) is 5.60 Å². The van der Waals surface area contributed by atoms with Gasteiger partial charge in [-0.15, -0.1) is 0 Å². The highest BCUT2D eigenvalue weighted by Crippen LogP contribution is 2.68. The van der Waals surface area contributed by atoms with Crippen molar-refractivity contribution in [2.75, 3.05) is 39.3 Å². The molecule has 3 fully saturated rings. The first kappa shape index (κ1) is 21.0. The summed E-state index contributed by atoms with van der Waals surface area (Å²) in [6.45, 7) is 2.98. The lowest BCUT2D eigenvalue weighted by molar-refractivity contribution is -0.244. The van der Waals surface area contributed by atoms with E-state index in [1.165, 1.54) is 14.0 Å². The van der Waals surface area contributed by atoms with Gasteiger partial charge in [-0.05, 0) is 50.9 Å². The van der Waals surface area contributed by atoms with Crippen LogP contribution in [0.2, 0.25) is 0 Å². The molecule has 0 amide bonds. The van der Waals surface area contributed by atoms with E-state index in [-0.39, 0.29) is 6.04 Å². The molecule has 0 bridgehead atoms. The van der Waals surface area contributed by atoms with Crippen LogP contribution in [0.4, 0.5) is 10.1 Å². The molecule has 1 spiro atoms. The van der Waals surface area contributed by atoms with Gasteiger partial charge in [-0.3, -0.25) is 4.90 Å². The SMILES string of the molecule is COC(=O)[C@]1(O)[C@@H]2N(C)c3cc(OC)ccc3[C@@]23CCN2CCC[C@]([C@@H](C)F)([C@H]23)[C@H]1O. The van der Waals surface area contributed by atoms with Crippen LogP contribution >= 0.6 is 0 Å². The molecular formula is C23H31FN2O5. The number of piperidine rings is 1. The lowest BCUT2D eigenvalue weighted by atomic mass is 9.46. The topological polar surface area (TPSA) is 82.5 Å². The number of esters is 1. The minimum atomic E-state index is -2.28. The molecule has 5 rings (SSSR count). The van der Waals surface area contributed by atoms with E-state index in [4.69, 9.17) is 9.47 Å². The Balaban J connectivity index is 1.85. The van der Waals surface area contributed by atoms with Gasteiger partial charge in [0.15, 0.2) is 0 Å². The zero-order chi connectivity index (χ0) is 22.3. The lowest BCUT2D eigenvalue weighted by Crippen LogP contribution is -2.82. The number of hydrogen-bond acceptors (Lipinski definition) is 7. The minimum absolute atomic E-state index is 0.337. The number of fused-ring (bicyclic) bond motifs is 1. The number of benzene rings is 1. The van der Waals surface area contributed by atoms with Gasteiger partial charge in [0.05, 0.1) is 20.3 Å². The number of alkyl halides is 1. The molecule has 170 valence electrons. The number of carbonyl (C=O) groups is 1. The van der Waals surface area contributed by atoms with Crippen LogP contribution in [0.3, 0.4) is 0 Å². The number of carbonyl (C=O) groups excluding carboxylic acids is 1. The summed E-state index contributed by atoms with van der Waals surface area (Å²) >= 11 is 0. The Labute approximate surface area is 181 Å². The normalized spacial score (nSPS) is 41.9. The van der Waals surface area contributed by atoms with Crippen LogP contribution in [0.15, 0.2) is 18.2 Å². The van der Waals surface area contributed by atoms with Crippen molar-refractivity contribution in [1.29, 1.82) is 0 Å². The van der Waals surface area contributed by atoms with E-state index in [9.17, 15) is 15.0 Å². The predicted octanol–water partition coefficient (Wildman–Crippen LogP) is 1.24. The molecule has 7 nitrogen and oxygen atoms in total. The van der Waals surface area contributed by atoms with Gasteiger partial charge in [-0.2, -0.15) is 0 Å². The Bertz CT molecular complexity index is 927. The van der Waals surface area contributed by atoms with Crippen LogP contribution < -0.4 is 9.64 Å². The Morgan fingerprint density at radius 1 is 1.26 bits per heavy atom. The first-order valence-corrected chi connectivity index (χ1v) is 11.0. The Hall–Kier alpha value is -1.90. The summed E-state index contributed by atoms with van der Waals surface area (Å²) in [5.41, 5.74) is -2.49. The monoisotopic (exact) mass is 434 g/mol. The van der Waals surface area contributed by atoms with E-state index >= 15 is 4.39 Å². The highest BCUT2D eigenvalue weighted by Gasteiger charge is 2.80. The number of aliphatic hydroxyl groups excluding tert-OH is 1. The van der Waals surface area contributed by atoms with Crippen molar-refractivity contribution in [3.63, 3.8) is 0 Å². The zero-order valence-electron chi connectivity index (χ0n) is 18.5. The molecule has 7 atom stereocenters. The minimum Gasteiger partial charge on any atom is -0.497 e. The van der Waals surface area contributed by atoms with E-state index in [0.29, 0.717) is 25.0 Å². The highest BCUT2D eigenvalue weighted by atomic mass is 19.1. The van der Waals surface area contributed by atoms with Crippen molar-refractivity contribution >= 4 is 11.7 Å². The molecule has 1 aromatic carbocycles. The summed E-state index contributed by atoms with van der Waals surface area (Å²) in [5, 5.41) is 23.7. The van der Waals surface area contributed by atoms with Gasteiger partial charge < -0.3 is 24.6 Å². The Morgan fingerprint density at radius 2 is 2.00 bits per heavy atom. The van der Waals surface area contributed by atoms with Crippen LogP contribution in [0, 0.1) is 5.41 Å². The second-order valence-corrected chi connectivity index (χ2v) is 9.68. The molecule has 3 heterocycles.